The molecule has 0 saturated carbocycles. The molecule has 0 unspecified atom stereocenters. The summed E-state index contributed by atoms with van der Waals surface area (Å²) in [4.78, 5) is 20.2. The molecular weight excluding hydrogens is 416 g/mol. The van der Waals surface area contributed by atoms with Crippen molar-refractivity contribution >= 4 is 12.6 Å². The van der Waals surface area contributed by atoms with Crippen LogP contribution in [0.1, 0.15) is 168 Å². The second kappa shape index (κ2) is 36.4. The Labute approximate surface area is 214 Å². The number of carbonyl (C=O) groups excluding carboxylic acids is 2. The highest BCUT2D eigenvalue weighted by molar-refractivity contribution is 5.49. The van der Waals surface area contributed by atoms with Gasteiger partial charge in [-0.05, 0) is 51.4 Å². The molecule has 0 aromatic heterocycles. The third-order valence-electron chi connectivity index (χ3n) is 6.17. The quantitative estimate of drug-likeness (QED) is 0.0706. The van der Waals surface area contributed by atoms with E-state index in [0.717, 1.165) is 38.3 Å². The normalized spacial score (nSPS) is 11.1. The first-order valence-corrected chi connectivity index (χ1v) is 15.0. The van der Waals surface area contributed by atoms with Gasteiger partial charge in [-0.2, -0.15) is 0 Å². The van der Waals surface area contributed by atoms with Gasteiger partial charge in [-0.3, -0.25) is 0 Å². The molecule has 2 nitrogen and oxygen atoms in total. The summed E-state index contributed by atoms with van der Waals surface area (Å²) >= 11 is 0. The Balaban J connectivity index is 0. The monoisotopic (exact) mass is 476 g/mol. The summed E-state index contributed by atoms with van der Waals surface area (Å²) in [5.41, 5.74) is 0. The van der Waals surface area contributed by atoms with E-state index in [-0.39, 0.29) is 0 Å². The Morgan fingerprint density at radius 2 is 0.618 bits per heavy atom. The second-order valence-electron chi connectivity index (χ2n) is 9.67. The van der Waals surface area contributed by atoms with Gasteiger partial charge in [-0.25, -0.2) is 0 Å². The molecule has 0 aliphatic heterocycles. The number of hydrogen-bond donors (Lipinski definition) is 0. The minimum atomic E-state index is 0.710. The molecule has 0 aromatic rings. The van der Waals surface area contributed by atoms with E-state index in [4.69, 9.17) is 0 Å². The van der Waals surface area contributed by atoms with E-state index in [2.05, 4.69) is 38.2 Å². The molecule has 0 bridgehead atoms. The van der Waals surface area contributed by atoms with Gasteiger partial charge in [0.2, 0.25) is 0 Å². The van der Waals surface area contributed by atoms with Crippen molar-refractivity contribution in [3.05, 3.63) is 24.3 Å². The maximum absolute atomic E-state index is 10.1. The van der Waals surface area contributed by atoms with Crippen LogP contribution in [0, 0.1) is 0 Å². The van der Waals surface area contributed by atoms with Crippen LogP contribution < -0.4 is 0 Å². The van der Waals surface area contributed by atoms with Crippen LogP contribution in [0.25, 0.3) is 0 Å². The first-order valence-electron chi connectivity index (χ1n) is 15.0. The molecule has 0 amide bonds. The fourth-order valence-corrected chi connectivity index (χ4v) is 3.88. The predicted octanol–water partition coefficient (Wildman–Crippen LogP) is 10.9. The first-order chi connectivity index (χ1) is 16.8. The summed E-state index contributed by atoms with van der Waals surface area (Å²) in [7, 11) is 0. The molecule has 0 spiro atoms. The van der Waals surface area contributed by atoms with Gasteiger partial charge in [0, 0.05) is 12.8 Å². The van der Waals surface area contributed by atoms with Crippen molar-refractivity contribution in [3.63, 3.8) is 0 Å². The lowest BCUT2D eigenvalue weighted by Gasteiger charge is -1.99. The van der Waals surface area contributed by atoms with Gasteiger partial charge in [0.25, 0.3) is 0 Å². The molecule has 2 heteroatoms. The summed E-state index contributed by atoms with van der Waals surface area (Å²) < 4.78 is 0. The van der Waals surface area contributed by atoms with Gasteiger partial charge >= 0.3 is 0 Å². The third-order valence-corrected chi connectivity index (χ3v) is 6.17. The Morgan fingerprint density at radius 3 is 1.03 bits per heavy atom. The van der Waals surface area contributed by atoms with Crippen LogP contribution in [0.15, 0.2) is 24.3 Å². The fourth-order valence-electron chi connectivity index (χ4n) is 3.88. The summed E-state index contributed by atoms with van der Waals surface area (Å²) in [6.07, 6.45) is 41.3. The third kappa shape index (κ3) is 38.1. The molecule has 0 N–H and O–H groups in total. The number of carbonyl (C=O) groups is 2. The van der Waals surface area contributed by atoms with Gasteiger partial charge < -0.3 is 9.59 Å². The maximum Gasteiger partial charge on any atom is 0.120 e. The van der Waals surface area contributed by atoms with Crippen molar-refractivity contribution in [2.45, 2.75) is 168 Å². The van der Waals surface area contributed by atoms with Crippen molar-refractivity contribution in [3.8, 4) is 0 Å². The molecule has 200 valence electrons. The highest BCUT2D eigenvalue weighted by Gasteiger charge is 1.92. The smallest absolute Gasteiger partial charge is 0.120 e. The molecule has 0 heterocycles. The van der Waals surface area contributed by atoms with Crippen molar-refractivity contribution in [1.29, 1.82) is 0 Å². The van der Waals surface area contributed by atoms with E-state index in [9.17, 15) is 9.59 Å². The Hall–Kier alpha value is -1.18. The lowest BCUT2D eigenvalue weighted by atomic mass is 10.1. The van der Waals surface area contributed by atoms with E-state index in [1.54, 1.807) is 0 Å². The Bertz CT molecular complexity index is 425. The van der Waals surface area contributed by atoms with Crippen LogP contribution in [0.4, 0.5) is 0 Å². The lowest BCUT2D eigenvalue weighted by Crippen LogP contribution is -1.81. The van der Waals surface area contributed by atoms with Crippen molar-refractivity contribution in [1.82, 2.24) is 0 Å². The fraction of sp³-hybridized carbons (Fsp3) is 0.812. The number of unbranched alkanes of at least 4 members (excludes halogenated alkanes) is 20. The number of rotatable bonds is 26. The molecule has 0 rings (SSSR count). The van der Waals surface area contributed by atoms with Crippen LogP contribution in [-0.2, 0) is 9.59 Å². The number of aldehydes is 2. The molecule has 34 heavy (non-hydrogen) atoms. The number of hydrogen-bond acceptors (Lipinski definition) is 2. The average Bonchev–Trinajstić information content (AvgIpc) is 2.85. The van der Waals surface area contributed by atoms with E-state index < -0.39 is 0 Å². The van der Waals surface area contributed by atoms with Crippen LogP contribution in [0.5, 0.6) is 0 Å². The topological polar surface area (TPSA) is 34.1 Å². The minimum absolute atomic E-state index is 0.710. The highest BCUT2D eigenvalue weighted by atomic mass is 16.1. The predicted molar refractivity (Wildman–Crippen MR) is 153 cm³/mol. The van der Waals surface area contributed by atoms with Crippen molar-refractivity contribution in [2.75, 3.05) is 0 Å². The molecule has 0 radical (unpaired) electrons. The van der Waals surface area contributed by atoms with Gasteiger partial charge in [-0.15, -0.1) is 0 Å². The molecular formula is C32H60O2. The van der Waals surface area contributed by atoms with Crippen LogP contribution in [-0.4, -0.2) is 12.6 Å². The summed E-state index contributed by atoms with van der Waals surface area (Å²) in [6.45, 7) is 4.50. The van der Waals surface area contributed by atoms with Gasteiger partial charge in [0.1, 0.15) is 12.6 Å². The SMILES string of the molecule is CCCCC=CCCCCCCCCCC=O.CCCCCCCCCCC=CCCCC=O. The van der Waals surface area contributed by atoms with E-state index >= 15 is 0 Å². The molecule has 0 aliphatic carbocycles. The van der Waals surface area contributed by atoms with Gasteiger partial charge in [-0.1, -0.05) is 128 Å². The molecule has 0 aromatic carbocycles. The minimum Gasteiger partial charge on any atom is -0.303 e. The Kier molecular flexibility index (Phi) is 37.4. The number of allylic oxidation sites excluding steroid dienone is 4. The zero-order valence-corrected chi connectivity index (χ0v) is 23.3. The lowest BCUT2D eigenvalue weighted by molar-refractivity contribution is -0.108. The summed E-state index contributed by atoms with van der Waals surface area (Å²) in [5, 5.41) is 0. The van der Waals surface area contributed by atoms with Crippen LogP contribution >= 0.6 is 0 Å². The zero-order valence-electron chi connectivity index (χ0n) is 23.3. The molecule has 0 aliphatic rings. The average molecular weight is 477 g/mol. The van der Waals surface area contributed by atoms with Crippen molar-refractivity contribution in [2.24, 2.45) is 0 Å². The Morgan fingerprint density at radius 1 is 0.324 bits per heavy atom. The second-order valence-corrected chi connectivity index (χ2v) is 9.67. The van der Waals surface area contributed by atoms with Crippen molar-refractivity contribution < 1.29 is 9.59 Å². The first kappa shape index (κ1) is 35.0. The van der Waals surface area contributed by atoms with Gasteiger partial charge in [0.15, 0.2) is 0 Å². The molecule has 0 saturated heterocycles. The zero-order chi connectivity index (χ0) is 25.2. The molecule has 0 fully saturated rings. The summed E-state index contributed by atoms with van der Waals surface area (Å²) in [6, 6.07) is 0. The van der Waals surface area contributed by atoms with E-state index in [1.807, 2.05) is 0 Å². The van der Waals surface area contributed by atoms with Crippen LogP contribution in [0.2, 0.25) is 0 Å². The van der Waals surface area contributed by atoms with Crippen LogP contribution in [0.3, 0.4) is 0 Å². The standard InChI is InChI=1S/2C16H30O/c2*1-2-3-4-5-6-7-8-9-10-11-12-13-14-15-16-17/h11-12,16H,2-10,13-15H2,1H3;5-6,16H,2-4,7-15H2,1H3. The molecule has 0 atom stereocenters. The summed E-state index contributed by atoms with van der Waals surface area (Å²) in [5.74, 6) is 0. The largest absolute Gasteiger partial charge is 0.303 e. The van der Waals surface area contributed by atoms with E-state index in [1.165, 1.54) is 122 Å². The van der Waals surface area contributed by atoms with Gasteiger partial charge in [0.05, 0.1) is 0 Å². The maximum atomic E-state index is 10.1. The highest BCUT2D eigenvalue weighted by Crippen LogP contribution is 2.11. The van der Waals surface area contributed by atoms with E-state index in [0.29, 0.717) is 6.42 Å².